The van der Waals surface area contributed by atoms with Crippen LogP contribution in [-0.4, -0.2) is 27.5 Å². The Bertz CT molecular complexity index is 879. The minimum atomic E-state index is -3.52. The molecule has 2 aromatic rings. The molecule has 0 radical (unpaired) electrons. The topological polar surface area (TPSA) is 84.5 Å². The molecule has 2 aromatic carbocycles. The number of benzene rings is 2. The Labute approximate surface area is 154 Å². The van der Waals surface area contributed by atoms with Crippen LogP contribution in [0.25, 0.3) is 0 Å². The van der Waals surface area contributed by atoms with Gasteiger partial charge < -0.3 is 10.1 Å². The Hall–Kier alpha value is -2.38. The largest absolute Gasteiger partial charge is 0.483 e. The SMILES string of the molecule is CCCNS(=O)(=O)c1ccc(OCC(=O)Nc2ccccc2C)c(C)c1. The highest BCUT2D eigenvalue weighted by atomic mass is 32.2. The molecule has 6 nitrogen and oxygen atoms in total. The van der Waals surface area contributed by atoms with E-state index in [2.05, 4.69) is 10.0 Å². The Morgan fingerprint density at radius 3 is 2.46 bits per heavy atom. The summed E-state index contributed by atoms with van der Waals surface area (Å²) in [4.78, 5) is 12.2. The molecule has 0 heterocycles. The molecule has 0 saturated heterocycles. The van der Waals surface area contributed by atoms with Crippen molar-refractivity contribution in [3.63, 3.8) is 0 Å². The first-order valence-corrected chi connectivity index (χ1v) is 9.90. The second-order valence-electron chi connectivity index (χ2n) is 5.98. The van der Waals surface area contributed by atoms with Crippen LogP contribution in [0.5, 0.6) is 5.75 Å². The lowest BCUT2D eigenvalue weighted by molar-refractivity contribution is -0.118. The Balaban J connectivity index is 2.00. The zero-order chi connectivity index (χ0) is 19.2. The highest BCUT2D eigenvalue weighted by Crippen LogP contribution is 2.22. The molecule has 1 amide bonds. The molecule has 0 unspecified atom stereocenters. The number of carbonyl (C=O) groups excluding carboxylic acids is 1. The normalized spacial score (nSPS) is 11.2. The van der Waals surface area contributed by atoms with Crippen LogP contribution in [0.15, 0.2) is 47.4 Å². The van der Waals surface area contributed by atoms with Crippen LogP contribution in [0.3, 0.4) is 0 Å². The lowest BCUT2D eigenvalue weighted by atomic mass is 10.2. The summed E-state index contributed by atoms with van der Waals surface area (Å²) in [6, 6.07) is 12.0. The van der Waals surface area contributed by atoms with E-state index in [9.17, 15) is 13.2 Å². The van der Waals surface area contributed by atoms with E-state index >= 15 is 0 Å². The van der Waals surface area contributed by atoms with Gasteiger partial charge in [0.2, 0.25) is 10.0 Å². The van der Waals surface area contributed by atoms with Crippen LogP contribution in [0.1, 0.15) is 24.5 Å². The summed E-state index contributed by atoms with van der Waals surface area (Å²) in [5.41, 5.74) is 2.35. The fourth-order valence-corrected chi connectivity index (χ4v) is 3.53. The van der Waals surface area contributed by atoms with E-state index in [0.29, 0.717) is 17.9 Å². The molecule has 0 bridgehead atoms. The van der Waals surface area contributed by atoms with Gasteiger partial charge >= 0.3 is 0 Å². The first-order valence-electron chi connectivity index (χ1n) is 8.42. The van der Waals surface area contributed by atoms with Crippen molar-refractivity contribution in [1.29, 1.82) is 0 Å². The van der Waals surface area contributed by atoms with E-state index < -0.39 is 10.0 Å². The number of carbonyl (C=O) groups is 1. The van der Waals surface area contributed by atoms with Gasteiger partial charge in [-0.2, -0.15) is 0 Å². The number of nitrogens with one attached hydrogen (secondary N) is 2. The van der Waals surface area contributed by atoms with Gasteiger partial charge in [0.25, 0.3) is 5.91 Å². The maximum absolute atomic E-state index is 12.1. The van der Waals surface area contributed by atoms with E-state index in [1.54, 1.807) is 13.0 Å². The second kappa shape index (κ2) is 8.82. The summed E-state index contributed by atoms with van der Waals surface area (Å²) < 4.78 is 32.3. The van der Waals surface area contributed by atoms with Crippen LogP contribution in [-0.2, 0) is 14.8 Å². The third kappa shape index (κ3) is 5.31. The lowest BCUT2D eigenvalue weighted by Crippen LogP contribution is -2.24. The first-order chi connectivity index (χ1) is 12.3. The van der Waals surface area contributed by atoms with Gasteiger partial charge in [0.1, 0.15) is 5.75 Å². The predicted octanol–water partition coefficient (Wildman–Crippen LogP) is 3.01. The highest BCUT2D eigenvalue weighted by molar-refractivity contribution is 7.89. The molecule has 0 aromatic heterocycles. The second-order valence-corrected chi connectivity index (χ2v) is 7.74. The summed E-state index contributed by atoms with van der Waals surface area (Å²) in [6.07, 6.45) is 0.718. The molecule has 140 valence electrons. The monoisotopic (exact) mass is 376 g/mol. The number of hydrogen-bond acceptors (Lipinski definition) is 4. The molecule has 0 saturated carbocycles. The number of anilines is 1. The summed E-state index contributed by atoms with van der Waals surface area (Å²) in [7, 11) is -3.52. The number of rotatable bonds is 8. The highest BCUT2D eigenvalue weighted by Gasteiger charge is 2.15. The van der Waals surface area contributed by atoms with E-state index in [0.717, 1.165) is 17.7 Å². The van der Waals surface area contributed by atoms with Gasteiger partial charge in [0.15, 0.2) is 6.61 Å². The number of para-hydroxylation sites is 1. The van der Waals surface area contributed by atoms with E-state index in [1.165, 1.54) is 12.1 Å². The van der Waals surface area contributed by atoms with Crippen LogP contribution in [0.2, 0.25) is 0 Å². The van der Waals surface area contributed by atoms with Crippen LogP contribution in [0, 0.1) is 13.8 Å². The molecule has 2 N–H and O–H groups in total. The quantitative estimate of drug-likeness (QED) is 0.742. The molecular weight excluding hydrogens is 352 g/mol. The maximum atomic E-state index is 12.1. The molecule has 0 aliphatic carbocycles. The predicted molar refractivity (Wildman–Crippen MR) is 102 cm³/mol. The fraction of sp³-hybridized carbons (Fsp3) is 0.316. The van der Waals surface area contributed by atoms with Crippen molar-refractivity contribution in [2.24, 2.45) is 0 Å². The summed E-state index contributed by atoms with van der Waals surface area (Å²) in [5, 5.41) is 2.79. The van der Waals surface area contributed by atoms with Crippen molar-refractivity contribution in [3.05, 3.63) is 53.6 Å². The Morgan fingerprint density at radius 1 is 1.08 bits per heavy atom. The number of ether oxygens (including phenoxy) is 1. The molecule has 0 fully saturated rings. The fourth-order valence-electron chi connectivity index (χ4n) is 2.31. The van der Waals surface area contributed by atoms with E-state index in [-0.39, 0.29) is 17.4 Å². The van der Waals surface area contributed by atoms with Crippen molar-refractivity contribution in [1.82, 2.24) is 4.72 Å². The summed E-state index contributed by atoms with van der Waals surface area (Å²) in [5.74, 6) is 0.194. The smallest absolute Gasteiger partial charge is 0.262 e. The Morgan fingerprint density at radius 2 is 1.81 bits per heavy atom. The number of aryl methyl sites for hydroxylation is 2. The third-order valence-electron chi connectivity index (χ3n) is 3.78. The standard InChI is InChI=1S/C19H24N2O4S/c1-4-11-20-26(23,24)16-9-10-18(15(3)12-16)25-13-19(22)21-17-8-6-5-7-14(17)2/h5-10,12,20H,4,11,13H2,1-3H3,(H,21,22). The van der Waals surface area contributed by atoms with Gasteiger partial charge in [-0.15, -0.1) is 0 Å². The van der Waals surface area contributed by atoms with Gasteiger partial charge in [-0.3, -0.25) is 4.79 Å². The van der Waals surface area contributed by atoms with Crippen molar-refractivity contribution < 1.29 is 17.9 Å². The van der Waals surface area contributed by atoms with Crippen molar-refractivity contribution >= 4 is 21.6 Å². The van der Waals surface area contributed by atoms with Gasteiger partial charge in [-0.05, 0) is 55.7 Å². The summed E-state index contributed by atoms with van der Waals surface area (Å²) in [6.45, 7) is 5.78. The van der Waals surface area contributed by atoms with Gasteiger partial charge in [0, 0.05) is 12.2 Å². The lowest BCUT2D eigenvalue weighted by Gasteiger charge is -2.12. The molecule has 2 rings (SSSR count). The van der Waals surface area contributed by atoms with Gasteiger partial charge in [-0.1, -0.05) is 25.1 Å². The number of sulfonamides is 1. The molecule has 0 atom stereocenters. The average Bonchev–Trinajstić information content (AvgIpc) is 2.61. The van der Waals surface area contributed by atoms with Crippen molar-refractivity contribution in [2.75, 3.05) is 18.5 Å². The number of amides is 1. The van der Waals surface area contributed by atoms with Crippen molar-refractivity contribution in [3.8, 4) is 5.75 Å². The number of hydrogen-bond donors (Lipinski definition) is 2. The molecule has 26 heavy (non-hydrogen) atoms. The van der Waals surface area contributed by atoms with Gasteiger partial charge in [-0.25, -0.2) is 13.1 Å². The minimum Gasteiger partial charge on any atom is -0.483 e. The maximum Gasteiger partial charge on any atom is 0.262 e. The molecule has 0 spiro atoms. The molecule has 0 aliphatic heterocycles. The van der Waals surface area contributed by atoms with Crippen LogP contribution < -0.4 is 14.8 Å². The summed E-state index contributed by atoms with van der Waals surface area (Å²) >= 11 is 0. The molecular formula is C19H24N2O4S. The van der Waals surface area contributed by atoms with E-state index in [4.69, 9.17) is 4.74 Å². The first kappa shape index (κ1) is 19.9. The average molecular weight is 376 g/mol. The van der Waals surface area contributed by atoms with Crippen LogP contribution in [0.4, 0.5) is 5.69 Å². The molecule has 7 heteroatoms. The minimum absolute atomic E-state index is 0.157. The third-order valence-corrected chi connectivity index (χ3v) is 5.24. The van der Waals surface area contributed by atoms with Crippen LogP contribution >= 0.6 is 0 Å². The zero-order valence-electron chi connectivity index (χ0n) is 15.2. The molecule has 0 aliphatic rings. The van der Waals surface area contributed by atoms with E-state index in [1.807, 2.05) is 38.1 Å². The Kier molecular flexibility index (Phi) is 6.76. The van der Waals surface area contributed by atoms with Gasteiger partial charge in [0.05, 0.1) is 4.90 Å². The zero-order valence-corrected chi connectivity index (χ0v) is 16.0. The van der Waals surface area contributed by atoms with Crippen molar-refractivity contribution in [2.45, 2.75) is 32.1 Å².